The number of piperidine rings is 1. The van der Waals surface area contributed by atoms with Gasteiger partial charge in [0.25, 0.3) is 0 Å². The largest absolute Gasteiger partial charge is 0.341 e. The SMILES string of the molecule is CCNC1CCCCc2nc(N3CCCCC3)ncc21. The summed E-state index contributed by atoms with van der Waals surface area (Å²) < 4.78 is 0. The summed E-state index contributed by atoms with van der Waals surface area (Å²) in [4.78, 5) is 11.9. The fourth-order valence-corrected chi connectivity index (χ4v) is 3.41. The number of aryl methyl sites for hydroxylation is 1. The maximum Gasteiger partial charge on any atom is 0.225 e. The molecule has 0 bridgehead atoms. The molecular formula is C16H26N4. The first kappa shape index (κ1) is 13.8. The third kappa shape index (κ3) is 2.95. The van der Waals surface area contributed by atoms with E-state index in [1.165, 1.54) is 49.8 Å². The van der Waals surface area contributed by atoms with Gasteiger partial charge in [-0.05, 0) is 45.1 Å². The predicted octanol–water partition coefficient (Wildman–Crippen LogP) is 2.84. The lowest BCUT2D eigenvalue weighted by atomic mass is 10.1. The minimum absolute atomic E-state index is 0.452. The van der Waals surface area contributed by atoms with Gasteiger partial charge in [0.2, 0.25) is 5.95 Å². The van der Waals surface area contributed by atoms with Gasteiger partial charge in [-0.1, -0.05) is 13.3 Å². The normalized spacial score (nSPS) is 23.2. The highest BCUT2D eigenvalue weighted by atomic mass is 15.2. The van der Waals surface area contributed by atoms with Gasteiger partial charge in [0.15, 0.2) is 0 Å². The van der Waals surface area contributed by atoms with Gasteiger partial charge < -0.3 is 10.2 Å². The number of nitrogens with zero attached hydrogens (tertiary/aromatic N) is 3. The number of anilines is 1. The zero-order valence-corrected chi connectivity index (χ0v) is 12.6. The minimum Gasteiger partial charge on any atom is -0.341 e. The average Bonchev–Trinajstić information content (AvgIpc) is 2.71. The highest BCUT2D eigenvalue weighted by Crippen LogP contribution is 2.28. The minimum atomic E-state index is 0.452. The van der Waals surface area contributed by atoms with E-state index in [9.17, 15) is 0 Å². The number of hydrogen-bond acceptors (Lipinski definition) is 4. The molecule has 20 heavy (non-hydrogen) atoms. The zero-order valence-electron chi connectivity index (χ0n) is 12.6. The number of nitrogens with one attached hydrogen (secondary N) is 1. The van der Waals surface area contributed by atoms with Crippen LogP contribution in [0.5, 0.6) is 0 Å². The van der Waals surface area contributed by atoms with E-state index in [2.05, 4.69) is 28.3 Å². The maximum atomic E-state index is 4.90. The van der Waals surface area contributed by atoms with Crippen LogP contribution in [0, 0.1) is 0 Å². The molecule has 1 aliphatic carbocycles. The summed E-state index contributed by atoms with van der Waals surface area (Å²) in [6.45, 7) is 5.43. The van der Waals surface area contributed by atoms with Crippen molar-refractivity contribution in [1.82, 2.24) is 15.3 Å². The lowest BCUT2D eigenvalue weighted by Crippen LogP contribution is -2.31. The third-order valence-electron chi connectivity index (χ3n) is 4.51. The Hall–Kier alpha value is -1.16. The summed E-state index contributed by atoms with van der Waals surface area (Å²) >= 11 is 0. The van der Waals surface area contributed by atoms with Crippen LogP contribution in [-0.4, -0.2) is 29.6 Å². The van der Waals surface area contributed by atoms with Gasteiger partial charge in [-0.25, -0.2) is 9.97 Å². The maximum absolute atomic E-state index is 4.90. The highest BCUT2D eigenvalue weighted by molar-refractivity contribution is 5.35. The van der Waals surface area contributed by atoms with E-state index in [1.807, 2.05) is 0 Å². The van der Waals surface area contributed by atoms with Crippen molar-refractivity contribution in [3.63, 3.8) is 0 Å². The Kier molecular flexibility index (Phi) is 4.51. The van der Waals surface area contributed by atoms with Crippen LogP contribution in [0.1, 0.15) is 62.7 Å². The molecule has 4 heteroatoms. The lowest BCUT2D eigenvalue weighted by Gasteiger charge is -2.27. The molecule has 2 heterocycles. The second kappa shape index (κ2) is 6.53. The van der Waals surface area contributed by atoms with E-state index in [0.717, 1.165) is 32.0 Å². The second-order valence-corrected chi connectivity index (χ2v) is 5.98. The quantitative estimate of drug-likeness (QED) is 0.861. The van der Waals surface area contributed by atoms with E-state index in [0.29, 0.717) is 6.04 Å². The molecule has 1 aliphatic heterocycles. The van der Waals surface area contributed by atoms with Crippen LogP contribution < -0.4 is 10.2 Å². The standard InChI is InChI=1S/C16H26N4/c1-2-17-14-8-4-5-9-15-13(14)12-18-16(19-15)20-10-6-3-7-11-20/h12,14,17H,2-11H2,1H3. The zero-order chi connectivity index (χ0) is 13.8. The van der Waals surface area contributed by atoms with Crippen molar-refractivity contribution >= 4 is 5.95 Å². The monoisotopic (exact) mass is 274 g/mol. The predicted molar refractivity (Wildman–Crippen MR) is 82.1 cm³/mol. The molecule has 1 atom stereocenters. The summed E-state index contributed by atoms with van der Waals surface area (Å²) in [6, 6.07) is 0.452. The summed E-state index contributed by atoms with van der Waals surface area (Å²) in [5.41, 5.74) is 2.62. The Balaban J connectivity index is 1.84. The highest BCUT2D eigenvalue weighted by Gasteiger charge is 2.21. The van der Waals surface area contributed by atoms with Gasteiger partial charge in [-0.15, -0.1) is 0 Å². The van der Waals surface area contributed by atoms with Gasteiger partial charge >= 0.3 is 0 Å². The van der Waals surface area contributed by atoms with Crippen molar-refractivity contribution in [1.29, 1.82) is 0 Å². The van der Waals surface area contributed by atoms with Crippen LogP contribution in [-0.2, 0) is 6.42 Å². The molecule has 0 saturated carbocycles. The van der Waals surface area contributed by atoms with Gasteiger partial charge in [0, 0.05) is 30.9 Å². The first-order valence-electron chi connectivity index (χ1n) is 8.22. The van der Waals surface area contributed by atoms with Crippen LogP contribution in [0.15, 0.2) is 6.20 Å². The molecule has 1 fully saturated rings. The fourth-order valence-electron chi connectivity index (χ4n) is 3.41. The van der Waals surface area contributed by atoms with Crippen molar-refractivity contribution in [2.45, 2.75) is 57.9 Å². The molecule has 1 N–H and O–H groups in total. The summed E-state index contributed by atoms with van der Waals surface area (Å²) in [6.07, 6.45) is 10.9. The number of rotatable bonds is 3. The Morgan fingerprint density at radius 1 is 1.20 bits per heavy atom. The molecule has 3 rings (SSSR count). The van der Waals surface area contributed by atoms with Gasteiger partial charge in [0.1, 0.15) is 0 Å². The first-order chi connectivity index (χ1) is 9.88. The molecule has 0 amide bonds. The van der Waals surface area contributed by atoms with Gasteiger partial charge in [0.05, 0.1) is 5.69 Å². The van der Waals surface area contributed by atoms with Crippen LogP contribution in [0.4, 0.5) is 5.95 Å². The lowest BCUT2D eigenvalue weighted by molar-refractivity contribution is 0.502. The van der Waals surface area contributed by atoms with Crippen molar-refractivity contribution in [2.24, 2.45) is 0 Å². The first-order valence-corrected chi connectivity index (χ1v) is 8.22. The molecule has 110 valence electrons. The van der Waals surface area contributed by atoms with E-state index in [-0.39, 0.29) is 0 Å². The smallest absolute Gasteiger partial charge is 0.225 e. The van der Waals surface area contributed by atoms with Crippen molar-refractivity contribution in [2.75, 3.05) is 24.5 Å². The number of fused-ring (bicyclic) bond motifs is 1. The Morgan fingerprint density at radius 2 is 2.05 bits per heavy atom. The molecule has 1 unspecified atom stereocenters. The van der Waals surface area contributed by atoms with Crippen LogP contribution in [0.25, 0.3) is 0 Å². The van der Waals surface area contributed by atoms with Crippen molar-refractivity contribution < 1.29 is 0 Å². The average molecular weight is 274 g/mol. The van der Waals surface area contributed by atoms with E-state index >= 15 is 0 Å². The van der Waals surface area contributed by atoms with E-state index in [4.69, 9.17) is 4.98 Å². The van der Waals surface area contributed by atoms with Crippen LogP contribution >= 0.6 is 0 Å². The fraction of sp³-hybridized carbons (Fsp3) is 0.750. The van der Waals surface area contributed by atoms with Gasteiger partial charge in [-0.3, -0.25) is 0 Å². The van der Waals surface area contributed by atoms with Crippen LogP contribution in [0.3, 0.4) is 0 Å². The number of hydrogen-bond donors (Lipinski definition) is 1. The molecule has 1 aromatic rings. The third-order valence-corrected chi connectivity index (χ3v) is 4.51. The Morgan fingerprint density at radius 3 is 2.85 bits per heavy atom. The molecular weight excluding hydrogens is 248 g/mol. The molecule has 4 nitrogen and oxygen atoms in total. The molecule has 2 aliphatic rings. The number of aromatic nitrogens is 2. The molecule has 0 aromatic carbocycles. The molecule has 1 aromatic heterocycles. The van der Waals surface area contributed by atoms with Crippen LogP contribution in [0.2, 0.25) is 0 Å². The van der Waals surface area contributed by atoms with Gasteiger partial charge in [-0.2, -0.15) is 0 Å². The topological polar surface area (TPSA) is 41.1 Å². The van der Waals surface area contributed by atoms with E-state index < -0.39 is 0 Å². The van der Waals surface area contributed by atoms with Crippen molar-refractivity contribution in [3.8, 4) is 0 Å². The van der Waals surface area contributed by atoms with Crippen molar-refractivity contribution in [3.05, 3.63) is 17.5 Å². The summed E-state index contributed by atoms with van der Waals surface area (Å²) in [5, 5.41) is 3.59. The van der Waals surface area contributed by atoms with E-state index in [1.54, 1.807) is 0 Å². The molecule has 0 spiro atoms. The molecule has 0 radical (unpaired) electrons. The Labute approximate surface area is 122 Å². The second-order valence-electron chi connectivity index (χ2n) is 5.98. The molecule has 1 saturated heterocycles. The Bertz CT molecular complexity index is 440. The summed E-state index contributed by atoms with van der Waals surface area (Å²) in [5.74, 6) is 0.959. The summed E-state index contributed by atoms with van der Waals surface area (Å²) in [7, 11) is 0.